The van der Waals surface area contributed by atoms with Crippen LogP contribution in [-0.4, -0.2) is 15.1 Å². The van der Waals surface area contributed by atoms with Crippen LogP contribution in [0.25, 0.3) is 0 Å². The molecule has 1 heterocycles. The van der Waals surface area contributed by atoms with Crippen LogP contribution >= 0.6 is 27.5 Å². The maximum absolute atomic E-state index is 14.0. The summed E-state index contributed by atoms with van der Waals surface area (Å²) in [5, 5.41) is 5.93. The molecule has 2 aromatic rings. The summed E-state index contributed by atoms with van der Waals surface area (Å²) in [4.78, 5) is 0. The molecular formula is C16H19BrClFN2. The third-order valence-electron chi connectivity index (χ3n) is 3.67. The molecule has 0 spiro atoms. The van der Waals surface area contributed by atoms with Crippen molar-refractivity contribution in [2.24, 2.45) is 0 Å². The predicted molar refractivity (Wildman–Crippen MR) is 88.9 cm³/mol. The minimum Gasteiger partial charge on any atom is -0.268 e. The maximum Gasteiger partial charge on any atom is 0.126 e. The Kier molecular flexibility index (Phi) is 5.82. The summed E-state index contributed by atoms with van der Waals surface area (Å²) in [6, 6.07) is 6.91. The third kappa shape index (κ3) is 3.49. The van der Waals surface area contributed by atoms with Gasteiger partial charge in [0.2, 0.25) is 0 Å². The highest BCUT2D eigenvalue weighted by Crippen LogP contribution is 2.30. The second kappa shape index (κ2) is 7.41. The molecule has 2 rings (SSSR count). The van der Waals surface area contributed by atoms with Crippen molar-refractivity contribution in [3.63, 3.8) is 0 Å². The summed E-state index contributed by atoms with van der Waals surface area (Å²) >= 11 is 9.94. The fourth-order valence-corrected chi connectivity index (χ4v) is 3.42. The van der Waals surface area contributed by atoms with Crippen molar-refractivity contribution in [2.45, 2.75) is 39.2 Å². The summed E-state index contributed by atoms with van der Waals surface area (Å²) in [5.74, 6) is -0.133. The van der Waals surface area contributed by atoms with Gasteiger partial charge in [0.1, 0.15) is 5.82 Å². The lowest BCUT2D eigenvalue weighted by Gasteiger charge is -2.16. The molecule has 0 amide bonds. The Morgan fingerprint density at radius 3 is 2.62 bits per heavy atom. The summed E-state index contributed by atoms with van der Waals surface area (Å²) in [5.41, 5.74) is 2.62. The number of alkyl halides is 1. The van der Waals surface area contributed by atoms with E-state index in [0.717, 1.165) is 29.4 Å². The quantitative estimate of drug-likeness (QED) is 0.653. The zero-order valence-electron chi connectivity index (χ0n) is 12.2. The third-order valence-corrected chi connectivity index (χ3v) is 4.88. The Morgan fingerprint density at radius 2 is 2.05 bits per heavy atom. The zero-order chi connectivity index (χ0) is 15.4. The minimum atomic E-state index is -0.170. The van der Waals surface area contributed by atoms with Crippen LogP contribution in [0.4, 0.5) is 4.39 Å². The standard InChI is InChI=1S/C16H19BrClFN2/c1-3-14-16(18)15(21(4-2)20-14)9-11(10-17)12-7-5-6-8-13(12)19/h5-8,11H,3-4,9-10H2,1-2H3. The van der Waals surface area contributed by atoms with Gasteiger partial charge < -0.3 is 0 Å². The van der Waals surface area contributed by atoms with Crippen molar-refractivity contribution in [1.29, 1.82) is 0 Å². The van der Waals surface area contributed by atoms with Gasteiger partial charge in [-0.25, -0.2) is 4.39 Å². The van der Waals surface area contributed by atoms with Gasteiger partial charge in [-0.05, 0) is 31.4 Å². The normalized spacial score (nSPS) is 12.6. The molecule has 0 aliphatic carbocycles. The Morgan fingerprint density at radius 1 is 1.33 bits per heavy atom. The fraction of sp³-hybridized carbons (Fsp3) is 0.438. The topological polar surface area (TPSA) is 17.8 Å². The molecule has 0 aliphatic rings. The van der Waals surface area contributed by atoms with Crippen molar-refractivity contribution in [1.82, 2.24) is 9.78 Å². The van der Waals surface area contributed by atoms with E-state index < -0.39 is 0 Å². The summed E-state index contributed by atoms with van der Waals surface area (Å²) < 4.78 is 15.9. The van der Waals surface area contributed by atoms with Gasteiger partial charge in [0, 0.05) is 17.8 Å². The first-order chi connectivity index (χ1) is 10.1. The highest BCUT2D eigenvalue weighted by atomic mass is 79.9. The molecule has 0 saturated heterocycles. The lowest BCUT2D eigenvalue weighted by Crippen LogP contribution is -2.11. The number of hydrogen-bond acceptors (Lipinski definition) is 1. The molecule has 1 atom stereocenters. The van der Waals surface area contributed by atoms with E-state index in [1.54, 1.807) is 6.07 Å². The number of aryl methyl sites for hydroxylation is 2. The largest absolute Gasteiger partial charge is 0.268 e. The Hall–Kier alpha value is -0.870. The Balaban J connectivity index is 2.35. The van der Waals surface area contributed by atoms with Crippen LogP contribution in [0.15, 0.2) is 24.3 Å². The molecule has 0 fully saturated rings. The van der Waals surface area contributed by atoms with E-state index in [2.05, 4.69) is 21.0 Å². The molecule has 21 heavy (non-hydrogen) atoms. The average Bonchev–Trinajstić information content (AvgIpc) is 2.81. The number of hydrogen-bond donors (Lipinski definition) is 0. The Labute approximate surface area is 138 Å². The summed E-state index contributed by atoms with van der Waals surface area (Å²) in [7, 11) is 0. The van der Waals surface area contributed by atoms with Crippen molar-refractivity contribution in [3.05, 3.63) is 52.1 Å². The second-order valence-corrected chi connectivity index (χ2v) is 5.98. The molecule has 114 valence electrons. The van der Waals surface area contributed by atoms with Crippen molar-refractivity contribution < 1.29 is 4.39 Å². The lowest BCUT2D eigenvalue weighted by molar-refractivity contribution is 0.567. The first kappa shape index (κ1) is 16.5. The van der Waals surface area contributed by atoms with Crippen LogP contribution in [0.3, 0.4) is 0 Å². The second-order valence-electron chi connectivity index (χ2n) is 4.95. The van der Waals surface area contributed by atoms with Gasteiger partial charge in [-0.3, -0.25) is 4.68 Å². The summed E-state index contributed by atoms with van der Waals surface area (Å²) in [6.07, 6.45) is 1.48. The molecule has 5 heteroatoms. The van der Waals surface area contributed by atoms with Crippen LogP contribution in [0.1, 0.15) is 36.7 Å². The lowest BCUT2D eigenvalue weighted by atomic mass is 9.95. The molecule has 0 saturated carbocycles. The van der Waals surface area contributed by atoms with Gasteiger partial charge in [0.05, 0.1) is 16.4 Å². The molecule has 2 nitrogen and oxygen atoms in total. The monoisotopic (exact) mass is 372 g/mol. The number of halogens is 3. The van der Waals surface area contributed by atoms with Crippen LogP contribution in [0.2, 0.25) is 5.02 Å². The van der Waals surface area contributed by atoms with E-state index >= 15 is 0 Å². The first-order valence-electron chi connectivity index (χ1n) is 7.16. The highest BCUT2D eigenvalue weighted by Gasteiger charge is 2.21. The van der Waals surface area contributed by atoms with Gasteiger partial charge in [-0.2, -0.15) is 5.10 Å². The van der Waals surface area contributed by atoms with E-state index in [0.29, 0.717) is 17.3 Å². The SMILES string of the molecule is CCc1nn(CC)c(CC(CBr)c2ccccc2F)c1Cl. The van der Waals surface area contributed by atoms with Crippen LogP contribution in [-0.2, 0) is 19.4 Å². The van der Waals surface area contributed by atoms with E-state index in [-0.39, 0.29) is 11.7 Å². The predicted octanol–water partition coefficient (Wildman–Crippen LogP) is 4.98. The fourth-order valence-electron chi connectivity index (χ4n) is 2.50. The van der Waals surface area contributed by atoms with Crippen LogP contribution in [0, 0.1) is 5.82 Å². The van der Waals surface area contributed by atoms with Crippen molar-refractivity contribution in [3.8, 4) is 0 Å². The number of benzene rings is 1. The van der Waals surface area contributed by atoms with E-state index in [9.17, 15) is 4.39 Å². The molecule has 1 unspecified atom stereocenters. The van der Waals surface area contributed by atoms with Crippen LogP contribution < -0.4 is 0 Å². The van der Waals surface area contributed by atoms with Crippen molar-refractivity contribution >= 4 is 27.5 Å². The van der Waals surface area contributed by atoms with Gasteiger partial charge >= 0.3 is 0 Å². The number of aromatic nitrogens is 2. The maximum atomic E-state index is 14.0. The smallest absolute Gasteiger partial charge is 0.126 e. The van der Waals surface area contributed by atoms with Gasteiger partial charge in [0.25, 0.3) is 0 Å². The molecule has 1 aromatic carbocycles. The van der Waals surface area contributed by atoms with Gasteiger partial charge in [0.15, 0.2) is 0 Å². The molecule has 0 aliphatic heterocycles. The van der Waals surface area contributed by atoms with Gasteiger partial charge in [-0.15, -0.1) is 0 Å². The van der Waals surface area contributed by atoms with Crippen LogP contribution in [0.5, 0.6) is 0 Å². The Bertz CT molecular complexity index is 612. The van der Waals surface area contributed by atoms with Gasteiger partial charge in [-0.1, -0.05) is 52.7 Å². The minimum absolute atomic E-state index is 0.0374. The zero-order valence-corrected chi connectivity index (χ0v) is 14.6. The number of nitrogens with zero attached hydrogens (tertiary/aromatic N) is 2. The molecule has 0 radical (unpaired) electrons. The molecule has 0 bridgehead atoms. The summed E-state index contributed by atoms with van der Waals surface area (Å²) in [6.45, 7) is 4.84. The average molecular weight is 374 g/mol. The first-order valence-corrected chi connectivity index (χ1v) is 8.66. The van der Waals surface area contributed by atoms with Crippen molar-refractivity contribution in [2.75, 3.05) is 5.33 Å². The van der Waals surface area contributed by atoms with E-state index in [1.165, 1.54) is 6.07 Å². The highest BCUT2D eigenvalue weighted by molar-refractivity contribution is 9.09. The van der Waals surface area contributed by atoms with E-state index in [1.807, 2.05) is 30.7 Å². The molecular weight excluding hydrogens is 355 g/mol. The van der Waals surface area contributed by atoms with E-state index in [4.69, 9.17) is 11.6 Å². The molecule has 0 N–H and O–H groups in total. The molecule has 1 aromatic heterocycles. The number of rotatable bonds is 6.